The summed E-state index contributed by atoms with van der Waals surface area (Å²) in [7, 11) is 0. The predicted molar refractivity (Wildman–Crippen MR) is 70.3 cm³/mol. The molecule has 1 aliphatic rings. The molecule has 2 aromatic rings. The zero-order valence-corrected chi connectivity index (χ0v) is 10.4. The summed E-state index contributed by atoms with van der Waals surface area (Å²) in [6.07, 6.45) is 1.89. The van der Waals surface area contributed by atoms with Crippen LogP contribution in [0.4, 0.5) is 0 Å². The van der Waals surface area contributed by atoms with Gasteiger partial charge in [0.2, 0.25) is 0 Å². The summed E-state index contributed by atoms with van der Waals surface area (Å²) >= 11 is 0. The quantitative estimate of drug-likeness (QED) is 0.848. The highest BCUT2D eigenvalue weighted by atomic mass is 16.5. The fraction of sp³-hybridized carbons (Fsp3) is 0.357. The normalized spacial score (nSPS) is 19.9. The van der Waals surface area contributed by atoms with Crippen molar-refractivity contribution >= 4 is 0 Å². The van der Waals surface area contributed by atoms with Gasteiger partial charge in [0.25, 0.3) is 0 Å². The van der Waals surface area contributed by atoms with Gasteiger partial charge in [-0.05, 0) is 18.6 Å². The molecule has 0 aliphatic carbocycles. The van der Waals surface area contributed by atoms with Crippen LogP contribution in [-0.2, 0) is 4.74 Å². The van der Waals surface area contributed by atoms with Crippen molar-refractivity contribution in [1.29, 1.82) is 0 Å². The Bertz CT molecular complexity index is 529. The first kappa shape index (κ1) is 11.4. The summed E-state index contributed by atoms with van der Waals surface area (Å²) in [5.74, 6) is 0.950. The molecule has 3 rings (SSSR count). The van der Waals surface area contributed by atoms with E-state index in [1.807, 2.05) is 6.20 Å². The van der Waals surface area contributed by atoms with Crippen molar-refractivity contribution in [2.24, 2.45) is 0 Å². The first-order chi connectivity index (χ1) is 8.83. The van der Waals surface area contributed by atoms with Crippen LogP contribution in [0.2, 0.25) is 0 Å². The second-order valence-corrected chi connectivity index (χ2v) is 4.63. The number of imidazole rings is 1. The summed E-state index contributed by atoms with van der Waals surface area (Å²) in [6.45, 7) is 4.44. The lowest BCUT2D eigenvalue weighted by molar-refractivity contribution is 0.0745. The van der Waals surface area contributed by atoms with Gasteiger partial charge in [-0.2, -0.15) is 0 Å². The Hall–Kier alpha value is -1.65. The molecule has 4 nitrogen and oxygen atoms in total. The molecule has 1 aromatic carbocycles. The Labute approximate surface area is 106 Å². The zero-order valence-electron chi connectivity index (χ0n) is 10.4. The van der Waals surface area contributed by atoms with Crippen molar-refractivity contribution in [2.45, 2.75) is 13.0 Å². The van der Waals surface area contributed by atoms with Crippen LogP contribution in [0.3, 0.4) is 0 Å². The van der Waals surface area contributed by atoms with Crippen LogP contribution in [0.1, 0.15) is 17.4 Å². The molecule has 1 saturated heterocycles. The second kappa shape index (κ2) is 4.92. The van der Waals surface area contributed by atoms with Crippen molar-refractivity contribution in [3.8, 4) is 11.3 Å². The highest BCUT2D eigenvalue weighted by molar-refractivity contribution is 5.59. The Morgan fingerprint density at radius 1 is 1.39 bits per heavy atom. The number of aromatic nitrogens is 2. The third kappa shape index (κ3) is 2.30. The molecule has 1 unspecified atom stereocenters. The van der Waals surface area contributed by atoms with Crippen LogP contribution in [0.5, 0.6) is 0 Å². The van der Waals surface area contributed by atoms with Crippen molar-refractivity contribution in [1.82, 2.24) is 15.3 Å². The number of benzene rings is 1. The number of ether oxygens (including phenoxy) is 1. The maximum absolute atomic E-state index is 5.45. The fourth-order valence-electron chi connectivity index (χ4n) is 2.21. The largest absolute Gasteiger partial charge is 0.378 e. The number of aromatic amines is 1. The summed E-state index contributed by atoms with van der Waals surface area (Å²) in [4.78, 5) is 7.82. The molecule has 2 N–H and O–H groups in total. The van der Waals surface area contributed by atoms with Gasteiger partial charge in [0.1, 0.15) is 5.82 Å². The SMILES string of the molecule is Cc1cccc(-c2cnc(C3COCCN3)[nH]2)c1. The smallest absolute Gasteiger partial charge is 0.126 e. The minimum Gasteiger partial charge on any atom is -0.378 e. The lowest BCUT2D eigenvalue weighted by Gasteiger charge is -2.21. The van der Waals surface area contributed by atoms with E-state index >= 15 is 0 Å². The Morgan fingerprint density at radius 2 is 2.33 bits per heavy atom. The molecule has 1 aliphatic heterocycles. The number of hydrogen-bond donors (Lipinski definition) is 2. The van der Waals surface area contributed by atoms with Crippen LogP contribution in [0.15, 0.2) is 30.5 Å². The highest BCUT2D eigenvalue weighted by Gasteiger charge is 2.18. The van der Waals surface area contributed by atoms with Gasteiger partial charge < -0.3 is 15.0 Å². The zero-order chi connectivity index (χ0) is 12.4. The third-order valence-corrected chi connectivity index (χ3v) is 3.18. The van der Waals surface area contributed by atoms with E-state index in [1.165, 1.54) is 11.1 Å². The van der Waals surface area contributed by atoms with E-state index in [1.54, 1.807) is 0 Å². The molecular formula is C14H17N3O. The molecule has 1 fully saturated rings. The average molecular weight is 243 g/mol. The molecule has 94 valence electrons. The molecule has 1 atom stereocenters. The minimum absolute atomic E-state index is 0.178. The number of rotatable bonds is 2. The minimum atomic E-state index is 0.178. The van der Waals surface area contributed by atoms with Gasteiger partial charge in [-0.1, -0.05) is 23.8 Å². The standard InChI is InChI=1S/C14H17N3O/c1-10-3-2-4-11(7-10)12-8-16-14(17-12)13-9-18-6-5-15-13/h2-4,7-8,13,15H,5-6,9H2,1H3,(H,16,17). The monoisotopic (exact) mass is 243 g/mol. The molecule has 0 bridgehead atoms. The van der Waals surface area contributed by atoms with Crippen molar-refractivity contribution < 1.29 is 4.74 Å². The Morgan fingerprint density at radius 3 is 3.11 bits per heavy atom. The number of nitrogens with one attached hydrogen (secondary N) is 2. The summed E-state index contributed by atoms with van der Waals surface area (Å²) in [5, 5.41) is 3.39. The lowest BCUT2D eigenvalue weighted by Crippen LogP contribution is -2.35. The van der Waals surface area contributed by atoms with E-state index in [2.05, 4.69) is 46.5 Å². The number of hydrogen-bond acceptors (Lipinski definition) is 3. The molecule has 4 heteroatoms. The first-order valence-electron chi connectivity index (χ1n) is 6.26. The topological polar surface area (TPSA) is 49.9 Å². The fourth-order valence-corrected chi connectivity index (χ4v) is 2.21. The van der Waals surface area contributed by atoms with Crippen LogP contribution in [0.25, 0.3) is 11.3 Å². The lowest BCUT2D eigenvalue weighted by atomic mass is 10.1. The molecule has 0 amide bonds. The van der Waals surface area contributed by atoms with Gasteiger partial charge in [-0.15, -0.1) is 0 Å². The number of morpholine rings is 1. The van der Waals surface area contributed by atoms with E-state index in [0.717, 1.165) is 24.7 Å². The number of nitrogens with zero attached hydrogens (tertiary/aromatic N) is 1. The van der Waals surface area contributed by atoms with Gasteiger partial charge in [0.05, 0.1) is 31.1 Å². The van der Waals surface area contributed by atoms with Crippen molar-refractivity contribution in [3.63, 3.8) is 0 Å². The predicted octanol–water partition coefficient (Wildman–Crippen LogP) is 2.05. The molecule has 0 radical (unpaired) electrons. The van der Waals surface area contributed by atoms with Crippen LogP contribution in [0, 0.1) is 6.92 Å². The maximum atomic E-state index is 5.45. The third-order valence-electron chi connectivity index (χ3n) is 3.18. The highest BCUT2D eigenvalue weighted by Crippen LogP contribution is 2.21. The molecule has 0 saturated carbocycles. The van der Waals surface area contributed by atoms with Crippen molar-refractivity contribution in [3.05, 3.63) is 41.9 Å². The van der Waals surface area contributed by atoms with E-state index < -0.39 is 0 Å². The number of aryl methyl sites for hydroxylation is 1. The summed E-state index contributed by atoms with van der Waals surface area (Å²) in [6, 6.07) is 8.58. The van der Waals surface area contributed by atoms with E-state index in [-0.39, 0.29) is 6.04 Å². The molecule has 18 heavy (non-hydrogen) atoms. The first-order valence-corrected chi connectivity index (χ1v) is 6.26. The molecule has 2 heterocycles. The second-order valence-electron chi connectivity index (χ2n) is 4.63. The molecule has 1 aromatic heterocycles. The van der Waals surface area contributed by atoms with Crippen LogP contribution >= 0.6 is 0 Å². The maximum Gasteiger partial charge on any atom is 0.126 e. The molecule has 0 spiro atoms. The van der Waals surface area contributed by atoms with Gasteiger partial charge in [-0.25, -0.2) is 4.98 Å². The summed E-state index contributed by atoms with van der Waals surface area (Å²) < 4.78 is 5.45. The summed E-state index contributed by atoms with van der Waals surface area (Å²) in [5.41, 5.74) is 3.48. The van der Waals surface area contributed by atoms with Crippen LogP contribution < -0.4 is 5.32 Å². The van der Waals surface area contributed by atoms with E-state index in [9.17, 15) is 0 Å². The van der Waals surface area contributed by atoms with Gasteiger partial charge >= 0.3 is 0 Å². The molecular weight excluding hydrogens is 226 g/mol. The Balaban J connectivity index is 1.84. The van der Waals surface area contributed by atoms with Crippen LogP contribution in [-0.4, -0.2) is 29.7 Å². The van der Waals surface area contributed by atoms with E-state index in [4.69, 9.17) is 4.74 Å². The number of H-pyrrole nitrogens is 1. The van der Waals surface area contributed by atoms with Gasteiger partial charge in [0.15, 0.2) is 0 Å². The Kier molecular flexibility index (Phi) is 3.13. The van der Waals surface area contributed by atoms with Gasteiger partial charge in [-0.3, -0.25) is 0 Å². The van der Waals surface area contributed by atoms with E-state index in [0.29, 0.717) is 6.61 Å². The van der Waals surface area contributed by atoms with Gasteiger partial charge in [0, 0.05) is 6.54 Å². The van der Waals surface area contributed by atoms with Crippen molar-refractivity contribution in [2.75, 3.05) is 19.8 Å². The average Bonchev–Trinajstić information content (AvgIpc) is 2.89.